The Morgan fingerprint density at radius 2 is 1.91 bits per heavy atom. The zero-order valence-corrected chi connectivity index (χ0v) is 8.85. The quantitative estimate of drug-likeness (QED) is 0.580. The second-order valence-corrected chi connectivity index (χ2v) is 3.69. The predicted molar refractivity (Wildman–Crippen MR) is 56.2 cm³/mol. The topological polar surface area (TPSA) is 0 Å². The van der Waals surface area contributed by atoms with E-state index in [1.807, 2.05) is 11.8 Å². The van der Waals surface area contributed by atoms with Crippen molar-refractivity contribution in [3.05, 3.63) is 23.3 Å². The van der Waals surface area contributed by atoms with Gasteiger partial charge < -0.3 is 0 Å². The van der Waals surface area contributed by atoms with E-state index in [0.717, 1.165) is 12.2 Å². The van der Waals surface area contributed by atoms with Gasteiger partial charge in [0.1, 0.15) is 0 Å². The third kappa shape index (κ3) is 3.66. The van der Waals surface area contributed by atoms with Crippen LogP contribution < -0.4 is 0 Å². The molecule has 0 unspecified atom stereocenters. The smallest absolute Gasteiger partial charge is 0.0183 e. The largest absolute Gasteiger partial charge is 0.161 e. The Labute approximate surface area is 74.8 Å². The number of hydrogen-bond acceptors (Lipinski definition) is 1. The van der Waals surface area contributed by atoms with Crippen LogP contribution in [0.1, 0.15) is 27.2 Å². The van der Waals surface area contributed by atoms with Gasteiger partial charge in [-0.15, -0.1) is 0 Å². The van der Waals surface area contributed by atoms with E-state index in [2.05, 4.69) is 33.6 Å². The van der Waals surface area contributed by atoms with Crippen LogP contribution >= 0.6 is 11.8 Å². The third-order valence-electron chi connectivity index (χ3n) is 1.85. The van der Waals surface area contributed by atoms with Gasteiger partial charge >= 0.3 is 0 Å². The number of allylic oxidation sites excluding steroid dienone is 2. The standard InChI is InChI=1S/C10H18S/c1-6-9(4)10(7-11-5)8(2)3/h2,6-7H2,1,3-5H3/b10-9-. The first-order valence-corrected chi connectivity index (χ1v) is 5.36. The molecule has 64 valence electrons. The van der Waals surface area contributed by atoms with Gasteiger partial charge in [0.25, 0.3) is 0 Å². The molecule has 0 saturated carbocycles. The summed E-state index contributed by atoms with van der Waals surface area (Å²) in [7, 11) is 0. The van der Waals surface area contributed by atoms with Crippen LogP contribution in [0.5, 0.6) is 0 Å². The molecule has 0 heterocycles. The highest BCUT2D eigenvalue weighted by atomic mass is 32.2. The van der Waals surface area contributed by atoms with Crippen LogP contribution in [-0.2, 0) is 0 Å². The molecule has 0 spiro atoms. The molecule has 0 aliphatic rings. The zero-order valence-electron chi connectivity index (χ0n) is 8.03. The molecule has 11 heavy (non-hydrogen) atoms. The van der Waals surface area contributed by atoms with Crippen molar-refractivity contribution in [3.8, 4) is 0 Å². The molecular formula is C10H18S. The summed E-state index contributed by atoms with van der Waals surface area (Å²) < 4.78 is 0. The van der Waals surface area contributed by atoms with Gasteiger partial charge in [-0.3, -0.25) is 0 Å². The predicted octanol–water partition coefficient (Wildman–Crippen LogP) is 3.65. The summed E-state index contributed by atoms with van der Waals surface area (Å²) in [6, 6.07) is 0. The van der Waals surface area contributed by atoms with Gasteiger partial charge in [-0.2, -0.15) is 11.8 Å². The Balaban J connectivity index is 4.43. The van der Waals surface area contributed by atoms with Crippen LogP contribution in [0, 0.1) is 0 Å². The highest BCUT2D eigenvalue weighted by Crippen LogP contribution is 2.18. The third-order valence-corrected chi connectivity index (χ3v) is 2.43. The van der Waals surface area contributed by atoms with Crippen LogP contribution in [0.25, 0.3) is 0 Å². The summed E-state index contributed by atoms with van der Waals surface area (Å²) in [5.74, 6) is 1.11. The molecule has 0 radical (unpaired) electrons. The first-order valence-electron chi connectivity index (χ1n) is 3.96. The van der Waals surface area contributed by atoms with Crippen LogP contribution in [-0.4, -0.2) is 12.0 Å². The minimum atomic E-state index is 1.11. The Morgan fingerprint density at radius 3 is 2.18 bits per heavy atom. The van der Waals surface area contributed by atoms with Crippen molar-refractivity contribution in [1.82, 2.24) is 0 Å². The van der Waals surface area contributed by atoms with Gasteiger partial charge in [-0.25, -0.2) is 0 Å². The maximum Gasteiger partial charge on any atom is 0.0183 e. The highest BCUT2D eigenvalue weighted by Gasteiger charge is 2.00. The minimum absolute atomic E-state index is 1.11. The molecule has 0 amide bonds. The van der Waals surface area contributed by atoms with Crippen molar-refractivity contribution in [2.75, 3.05) is 12.0 Å². The first-order chi connectivity index (χ1) is 5.13. The maximum atomic E-state index is 3.97. The van der Waals surface area contributed by atoms with E-state index in [-0.39, 0.29) is 0 Å². The number of rotatable bonds is 4. The lowest BCUT2D eigenvalue weighted by Gasteiger charge is -2.08. The van der Waals surface area contributed by atoms with E-state index >= 15 is 0 Å². The second-order valence-electron chi connectivity index (χ2n) is 2.83. The van der Waals surface area contributed by atoms with Crippen LogP contribution in [0.3, 0.4) is 0 Å². The SMILES string of the molecule is C=C(C)/C(CSC)=C(/C)CC. The molecule has 0 N–H and O–H groups in total. The van der Waals surface area contributed by atoms with Crippen molar-refractivity contribution >= 4 is 11.8 Å². The Bertz CT molecular complexity index is 166. The molecule has 0 fully saturated rings. The Morgan fingerprint density at radius 1 is 1.36 bits per heavy atom. The van der Waals surface area contributed by atoms with E-state index in [9.17, 15) is 0 Å². The van der Waals surface area contributed by atoms with Gasteiger partial charge in [0.2, 0.25) is 0 Å². The summed E-state index contributed by atoms with van der Waals surface area (Å²) in [6.07, 6.45) is 3.27. The molecule has 0 aromatic rings. The number of thioether (sulfide) groups is 1. The maximum absolute atomic E-state index is 3.97. The number of hydrogen-bond donors (Lipinski definition) is 0. The monoisotopic (exact) mass is 170 g/mol. The van der Waals surface area contributed by atoms with Crippen molar-refractivity contribution in [1.29, 1.82) is 0 Å². The van der Waals surface area contributed by atoms with Crippen molar-refractivity contribution in [2.45, 2.75) is 27.2 Å². The molecule has 1 heteroatoms. The Kier molecular flexibility index (Phi) is 5.39. The summed E-state index contributed by atoms with van der Waals surface area (Å²) >= 11 is 1.86. The molecular weight excluding hydrogens is 152 g/mol. The zero-order chi connectivity index (χ0) is 8.85. The lowest BCUT2D eigenvalue weighted by atomic mass is 10.0. The van der Waals surface area contributed by atoms with Crippen molar-refractivity contribution in [3.63, 3.8) is 0 Å². The first kappa shape index (κ1) is 10.8. The molecule has 0 atom stereocenters. The molecule has 0 aliphatic carbocycles. The van der Waals surface area contributed by atoms with E-state index in [1.165, 1.54) is 16.7 Å². The fourth-order valence-electron chi connectivity index (χ4n) is 0.968. The highest BCUT2D eigenvalue weighted by molar-refractivity contribution is 7.98. The fraction of sp³-hybridized carbons (Fsp3) is 0.600. The van der Waals surface area contributed by atoms with E-state index in [1.54, 1.807) is 0 Å². The molecule has 0 rings (SSSR count). The Hall–Kier alpha value is -0.170. The molecule has 0 saturated heterocycles. The van der Waals surface area contributed by atoms with Crippen molar-refractivity contribution < 1.29 is 0 Å². The molecule has 0 aliphatic heterocycles. The summed E-state index contributed by atoms with van der Waals surface area (Å²) in [5, 5.41) is 0. The van der Waals surface area contributed by atoms with Gasteiger partial charge in [0.05, 0.1) is 0 Å². The van der Waals surface area contributed by atoms with Crippen LogP contribution in [0.2, 0.25) is 0 Å². The van der Waals surface area contributed by atoms with Gasteiger partial charge in [-0.1, -0.05) is 24.6 Å². The average molecular weight is 170 g/mol. The molecule has 0 aromatic carbocycles. The molecule has 0 aromatic heterocycles. The van der Waals surface area contributed by atoms with Crippen LogP contribution in [0.4, 0.5) is 0 Å². The molecule has 0 bridgehead atoms. The average Bonchev–Trinajstić information content (AvgIpc) is 1.98. The second kappa shape index (κ2) is 5.48. The summed E-state index contributed by atoms with van der Waals surface area (Å²) in [4.78, 5) is 0. The molecule has 0 nitrogen and oxygen atoms in total. The van der Waals surface area contributed by atoms with Crippen LogP contribution in [0.15, 0.2) is 23.3 Å². The van der Waals surface area contributed by atoms with E-state index in [0.29, 0.717) is 0 Å². The summed E-state index contributed by atoms with van der Waals surface area (Å²) in [6.45, 7) is 10.4. The van der Waals surface area contributed by atoms with Gasteiger partial charge in [0, 0.05) is 5.75 Å². The fourth-order valence-corrected chi connectivity index (χ4v) is 1.75. The van der Waals surface area contributed by atoms with Gasteiger partial charge in [-0.05, 0) is 32.1 Å². The van der Waals surface area contributed by atoms with E-state index < -0.39 is 0 Å². The normalized spacial score (nSPS) is 12.7. The van der Waals surface area contributed by atoms with E-state index in [4.69, 9.17) is 0 Å². The minimum Gasteiger partial charge on any atom is -0.161 e. The lowest BCUT2D eigenvalue weighted by molar-refractivity contribution is 1.06. The van der Waals surface area contributed by atoms with Gasteiger partial charge in [0.15, 0.2) is 0 Å². The lowest BCUT2D eigenvalue weighted by Crippen LogP contribution is -1.92. The van der Waals surface area contributed by atoms with Crippen molar-refractivity contribution in [2.24, 2.45) is 0 Å². The summed E-state index contributed by atoms with van der Waals surface area (Å²) in [5.41, 5.74) is 4.14.